The molecule has 0 bridgehead atoms. The Morgan fingerprint density at radius 2 is 1.24 bits per heavy atom. The van der Waals surface area contributed by atoms with Crippen molar-refractivity contribution in [3.8, 4) is 51.7 Å². The molecular formula is C37H46O17. The third kappa shape index (κ3) is 7.55. The van der Waals surface area contributed by atoms with E-state index in [1.54, 1.807) is 18.2 Å². The average Bonchev–Trinajstić information content (AvgIpc) is 3.18. The average molecular weight is 763 g/mol. The van der Waals surface area contributed by atoms with Gasteiger partial charge >= 0.3 is 5.97 Å². The van der Waals surface area contributed by atoms with E-state index < -0.39 is 61.0 Å². The molecule has 1 aliphatic heterocycles. The zero-order valence-corrected chi connectivity index (χ0v) is 30.5. The standard InChI is InChI=1S/C37H46O17/c1-46-21-9-17(10-22(47-2)29(21)39)27-20(19(13-38)7-16-8-25(50-5)32(42)35(51-6)28(16)27)14-53-37-34(44)33(43)31(41)26(54-37)15-52-36(45)18-11-23(48-3)30(40)24(12-18)49-4/h8-12,19-20,26-27,31,33-34,37-44H,7,13-15H2,1-6H3/t19-,20-,26-,27+,31-,33+,34-,37-/m1/s1. The predicted octanol–water partition coefficient (Wildman–Crippen LogP) is 1.45. The number of aliphatic hydroxyl groups excluding tert-OH is 4. The monoisotopic (exact) mass is 762 g/mol. The Labute approximate surface area is 310 Å². The van der Waals surface area contributed by atoms with Gasteiger partial charge in [-0.2, -0.15) is 0 Å². The van der Waals surface area contributed by atoms with Crippen molar-refractivity contribution in [1.82, 2.24) is 0 Å². The maximum atomic E-state index is 13.0. The van der Waals surface area contributed by atoms with Gasteiger partial charge in [-0.05, 0) is 59.7 Å². The summed E-state index contributed by atoms with van der Waals surface area (Å²) >= 11 is 0. The molecule has 296 valence electrons. The highest BCUT2D eigenvalue weighted by molar-refractivity contribution is 5.91. The number of ether oxygens (including phenoxy) is 9. The fourth-order valence-corrected chi connectivity index (χ4v) is 7.07. The van der Waals surface area contributed by atoms with Crippen molar-refractivity contribution in [2.45, 2.75) is 43.0 Å². The quantitative estimate of drug-likeness (QED) is 0.115. The van der Waals surface area contributed by atoms with Crippen molar-refractivity contribution in [1.29, 1.82) is 0 Å². The number of hydrogen-bond donors (Lipinski definition) is 7. The number of methoxy groups -OCH3 is 6. The number of esters is 1. The Balaban J connectivity index is 1.46. The molecule has 1 saturated heterocycles. The highest BCUT2D eigenvalue weighted by atomic mass is 16.7. The number of benzene rings is 3. The smallest absolute Gasteiger partial charge is 0.338 e. The molecule has 0 amide bonds. The van der Waals surface area contributed by atoms with Crippen LogP contribution in [0.1, 0.15) is 33.0 Å². The summed E-state index contributed by atoms with van der Waals surface area (Å²) in [6.07, 6.45) is -7.89. The van der Waals surface area contributed by atoms with Crippen LogP contribution in [0.5, 0.6) is 51.7 Å². The van der Waals surface area contributed by atoms with Crippen LogP contribution in [0.2, 0.25) is 0 Å². The van der Waals surface area contributed by atoms with Gasteiger partial charge in [0.2, 0.25) is 17.2 Å². The Bertz CT molecular complexity index is 1750. The highest BCUT2D eigenvalue weighted by Crippen LogP contribution is 2.54. The summed E-state index contributed by atoms with van der Waals surface area (Å²) < 4.78 is 49.5. The molecule has 2 aliphatic rings. The highest BCUT2D eigenvalue weighted by Gasteiger charge is 2.47. The van der Waals surface area contributed by atoms with Crippen LogP contribution in [0.15, 0.2) is 30.3 Å². The van der Waals surface area contributed by atoms with E-state index in [0.29, 0.717) is 16.7 Å². The van der Waals surface area contributed by atoms with E-state index in [-0.39, 0.29) is 76.9 Å². The largest absolute Gasteiger partial charge is 0.502 e. The summed E-state index contributed by atoms with van der Waals surface area (Å²) in [5.74, 6) is -3.35. The van der Waals surface area contributed by atoms with Crippen LogP contribution in [0.25, 0.3) is 0 Å². The zero-order chi connectivity index (χ0) is 39.4. The second-order valence-corrected chi connectivity index (χ2v) is 12.8. The van der Waals surface area contributed by atoms with Crippen molar-refractivity contribution >= 4 is 5.97 Å². The fourth-order valence-electron chi connectivity index (χ4n) is 7.07. The summed E-state index contributed by atoms with van der Waals surface area (Å²) in [7, 11) is 8.09. The van der Waals surface area contributed by atoms with E-state index in [0.717, 1.165) is 0 Å². The van der Waals surface area contributed by atoms with Crippen molar-refractivity contribution in [3.05, 3.63) is 52.6 Å². The lowest BCUT2D eigenvalue weighted by Crippen LogP contribution is -2.59. The first-order valence-electron chi connectivity index (χ1n) is 16.8. The number of carbonyl (C=O) groups excluding carboxylic acids is 1. The molecule has 0 unspecified atom stereocenters. The van der Waals surface area contributed by atoms with Gasteiger partial charge in [0.15, 0.2) is 40.8 Å². The van der Waals surface area contributed by atoms with Crippen molar-refractivity contribution in [3.63, 3.8) is 0 Å². The van der Waals surface area contributed by atoms with Gasteiger partial charge in [0.05, 0.1) is 54.8 Å². The van der Waals surface area contributed by atoms with Gasteiger partial charge in [-0.1, -0.05) is 0 Å². The van der Waals surface area contributed by atoms with E-state index in [1.165, 1.54) is 54.8 Å². The molecule has 0 radical (unpaired) electrons. The molecule has 0 spiro atoms. The van der Waals surface area contributed by atoms with Gasteiger partial charge in [0.1, 0.15) is 31.0 Å². The van der Waals surface area contributed by atoms with Crippen LogP contribution in [0, 0.1) is 11.8 Å². The fraction of sp³-hybridized carbons (Fsp3) is 0.486. The Kier molecular flexibility index (Phi) is 12.7. The number of carbonyl (C=O) groups is 1. The van der Waals surface area contributed by atoms with E-state index in [4.69, 9.17) is 42.6 Å². The summed E-state index contributed by atoms with van der Waals surface area (Å²) in [5, 5.41) is 75.3. The number of aromatic hydroxyl groups is 3. The van der Waals surface area contributed by atoms with E-state index in [1.807, 2.05) is 0 Å². The normalized spacial score (nSPS) is 24.9. The van der Waals surface area contributed by atoms with Gasteiger partial charge in [0.25, 0.3) is 0 Å². The van der Waals surface area contributed by atoms with Crippen molar-refractivity contribution < 1.29 is 83.2 Å². The van der Waals surface area contributed by atoms with Crippen LogP contribution < -0.4 is 28.4 Å². The Morgan fingerprint density at radius 1 is 0.704 bits per heavy atom. The second-order valence-electron chi connectivity index (χ2n) is 12.8. The number of phenolic OH excluding ortho intramolecular Hbond substituents is 3. The molecule has 17 nitrogen and oxygen atoms in total. The van der Waals surface area contributed by atoms with Gasteiger partial charge in [-0.15, -0.1) is 0 Å². The SMILES string of the molecule is COc1cc(C(=O)OC[C@H]2O[C@@H](OC[C@@H]3[C@@H](CO)Cc4cc(OC)c(O)c(OC)c4[C@H]3c3cc(OC)c(O)c(OC)c3)[C@H](O)[C@@H](O)[C@@H]2O)cc(OC)c1O. The topological polar surface area (TPSA) is 242 Å². The van der Waals surface area contributed by atoms with Gasteiger partial charge in [0, 0.05) is 18.1 Å². The van der Waals surface area contributed by atoms with Crippen LogP contribution in [-0.2, 0) is 20.6 Å². The molecule has 54 heavy (non-hydrogen) atoms. The maximum Gasteiger partial charge on any atom is 0.338 e. The Morgan fingerprint density at radius 3 is 1.76 bits per heavy atom. The zero-order valence-electron chi connectivity index (χ0n) is 30.5. The van der Waals surface area contributed by atoms with Gasteiger partial charge < -0.3 is 78.4 Å². The molecule has 1 heterocycles. The lowest BCUT2D eigenvalue weighted by Gasteiger charge is -2.43. The van der Waals surface area contributed by atoms with Crippen molar-refractivity contribution in [2.75, 3.05) is 62.5 Å². The number of rotatable bonds is 14. The maximum absolute atomic E-state index is 13.0. The molecule has 17 heteroatoms. The molecule has 3 aromatic carbocycles. The van der Waals surface area contributed by atoms with Crippen LogP contribution in [0.4, 0.5) is 0 Å². The molecule has 5 rings (SSSR count). The molecule has 1 aliphatic carbocycles. The summed E-state index contributed by atoms with van der Waals surface area (Å²) in [6, 6.07) is 7.26. The molecular weight excluding hydrogens is 716 g/mol. The number of fused-ring (bicyclic) bond motifs is 1. The number of aliphatic hydroxyl groups is 4. The van der Waals surface area contributed by atoms with Gasteiger partial charge in [-0.3, -0.25) is 0 Å². The van der Waals surface area contributed by atoms with E-state index in [2.05, 4.69) is 0 Å². The summed E-state index contributed by atoms with van der Waals surface area (Å²) in [5.41, 5.74) is 1.67. The predicted molar refractivity (Wildman–Crippen MR) is 186 cm³/mol. The molecule has 1 fully saturated rings. The van der Waals surface area contributed by atoms with Crippen LogP contribution >= 0.6 is 0 Å². The minimum atomic E-state index is -1.78. The van der Waals surface area contributed by atoms with Crippen LogP contribution in [0.3, 0.4) is 0 Å². The first kappa shape index (κ1) is 40.3. The lowest BCUT2D eigenvalue weighted by molar-refractivity contribution is -0.304. The minimum absolute atomic E-state index is 0.0526. The second kappa shape index (κ2) is 17.0. The third-order valence-corrected chi connectivity index (χ3v) is 9.91. The Hall–Kier alpha value is -4.91. The number of hydrogen-bond acceptors (Lipinski definition) is 17. The van der Waals surface area contributed by atoms with E-state index in [9.17, 15) is 40.5 Å². The minimum Gasteiger partial charge on any atom is -0.502 e. The first-order chi connectivity index (χ1) is 25.9. The van der Waals surface area contributed by atoms with Gasteiger partial charge in [-0.25, -0.2) is 4.79 Å². The molecule has 7 N–H and O–H groups in total. The number of phenols is 3. The van der Waals surface area contributed by atoms with Crippen LogP contribution in [-0.4, -0.2) is 135 Å². The first-order valence-corrected chi connectivity index (χ1v) is 16.8. The molecule has 8 atom stereocenters. The third-order valence-electron chi connectivity index (χ3n) is 9.91. The summed E-state index contributed by atoms with van der Waals surface area (Å²) in [4.78, 5) is 13.0. The lowest BCUT2D eigenvalue weighted by atomic mass is 9.66. The summed E-state index contributed by atoms with van der Waals surface area (Å²) in [6.45, 7) is -1.15. The molecule has 3 aromatic rings. The van der Waals surface area contributed by atoms with Crippen molar-refractivity contribution in [2.24, 2.45) is 11.8 Å². The van der Waals surface area contributed by atoms with E-state index >= 15 is 0 Å². The molecule has 0 aromatic heterocycles. The molecule has 0 saturated carbocycles.